The first-order valence-corrected chi connectivity index (χ1v) is 6.84. The van der Waals surface area contributed by atoms with Crippen molar-refractivity contribution in [2.24, 2.45) is 0 Å². The summed E-state index contributed by atoms with van der Waals surface area (Å²) in [6.07, 6.45) is 5.05. The molecule has 0 radical (unpaired) electrons. The van der Waals surface area contributed by atoms with Gasteiger partial charge in [-0.2, -0.15) is 0 Å². The molecule has 3 N–H and O–H groups in total. The Labute approximate surface area is 124 Å². The van der Waals surface area contributed by atoms with Crippen molar-refractivity contribution in [3.05, 3.63) is 30.9 Å². The zero-order valence-electron chi connectivity index (χ0n) is 12.8. The summed E-state index contributed by atoms with van der Waals surface area (Å²) in [6.45, 7) is 7.71. The molecule has 2 heterocycles. The molecule has 0 aliphatic rings. The quantitative estimate of drug-likeness (QED) is 0.904. The van der Waals surface area contributed by atoms with Crippen LogP contribution in [0.15, 0.2) is 30.9 Å². The molecule has 0 bridgehead atoms. The molecule has 0 aliphatic heterocycles. The number of nitrogens with one attached hydrogen (secondary N) is 1. The molecule has 1 atom stereocenters. The molecule has 21 heavy (non-hydrogen) atoms. The van der Waals surface area contributed by atoms with Gasteiger partial charge in [0.15, 0.2) is 0 Å². The molecule has 0 spiro atoms. The van der Waals surface area contributed by atoms with E-state index in [-0.39, 0.29) is 17.5 Å². The van der Waals surface area contributed by atoms with E-state index in [1.807, 2.05) is 38.3 Å². The maximum absolute atomic E-state index is 12.3. The number of nitrogens with two attached hydrogens (primary N) is 1. The maximum Gasteiger partial charge on any atom is 0.243 e. The van der Waals surface area contributed by atoms with Gasteiger partial charge in [-0.15, -0.1) is 0 Å². The van der Waals surface area contributed by atoms with E-state index in [0.717, 1.165) is 11.3 Å². The Kier molecular flexibility index (Phi) is 3.97. The molecule has 0 fully saturated rings. The second kappa shape index (κ2) is 5.55. The molecule has 2 rings (SSSR count). The first-order chi connectivity index (χ1) is 9.78. The first kappa shape index (κ1) is 15.0. The summed E-state index contributed by atoms with van der Waals surface area (Å²) in [5.41, 5.74) is 7.03. The molecule has 0 saturated carbocycles. The number of nitrogen functional groups attached to an aromatic ring is 1. The summed E-state index contributed by atoms with van der Waals surface area (Å²) < 4.78 is 1.83. The van der Waals surface area contributed by atoms with Gasteiger partial charge in [0.05, 0.1) is 18.2 Å². The molecule has 6 heteroatoms. The lowest BCUT2D eigenvalue weighted by atomic mass is 10.1. The van der Waals surface area contributed by atoms with Gasteiger partial charge >= 0.3 is 0 Å². The predicted molar refractivity (Wildman–Crippen MR) is 82.5 cm³/mol. The monoisotopic (exact) mass is 287 g/mol. The van der Waals surface area contributed by atoms with Crippen molar-refractivity contribution in [3.8, 4) is 11.3 Å². The molecule has 2 aromatic rings. The number of amides is 1. The van der Waals surface area contributed by atoms with Crippen molar-refractivity contribution in [2.75, 3.05) is 5.73 Å². The number of pyridine rings is 1. The number of imidazole rings is 1. The van der Waals surface area contributed by atoms with Crippen molar-refractivity contribution >= 4 is 11.7 Å². The van der Waals surface area contributed by atoms with E-state index in [4.69, 9.17) is 5.73 Å². The van der Waals surface area contributed by atoms with Crippen LogP contribution >= 0.6 is 0 Å². The van der Waals surface area contributed by atoms with Crippen molar-refractivity contribution in [1.82, 2.24) is 19.9 Å². The second-order valence-corrected chi connectivity index (χ2v) is 6.07. The smallest absolute Gasteiger partial charge is 0.243 e. The lowest BCUT2D eigenvalue weighted by molar-refractivity contribution is -0.125. The fourth-order valence-corrected chi connectivity index (χ4v) is 1.99. The fraction of sp³-hybridized carbons (Fsp3) is 0.400. The topological polar surface area (TPSA) is 85.8 Å². The van der Waals surface area contributed by atoms with Crippen LogP contribution in [0.3, 0.4) is 0 Å². The third-order valence-corrected chi connectivity index (χ3v) is 3.04. The molecule has 2 aromatic heterocycles. The van der Waals surface area contributed by atoms with E-state index < -0.39 is 0 Å². The number of rotatable bonds is 3. The van der Waals surface area contributed by atoms with E-state index >= 15 is 0 Å². The molecule has 0 aromatic carbocycles. The number of hydrogen-bond acceptors (Lipinski definition) is 4. The molecule has 0 aliphatic carbocycles. The predicted octanol–water partition coefficient (Wildman–Crippen LogP) is 2.00. The van der Waals surface area contributed by atoms with Crippen LogP contribution in [0, 0.1) is 0 Å². The van der Waals surface area contributed by atoms with Gasteiger partial charge in [-0.1, -0.05) is 0 Å². The Hall–Kier alpha value is -2.37. The Morgan fingerprint density at radius 1 is 1.33 bits per heavy atom. The van der Waals surface area contributed by atoms with Crippen molar-refractivity contribution in [1.29, 1.82) is 0 Å². The van der Waals surface area contributed by atoms with E-state index in [1.165, 1.54) is 0 Å². The number of nitrogens with zero attached hydrogens (tertiary/aromatic N) is 3. The molecule has 6 nitrogen and oxygen atoms in total. The largest absolute Gasteiger partial charge is 0.384 e. The van der Waals surface area contributed by atoms with Gasteiger partial charge in [0.2, 0.25) is 5.91 Å². The highest BCUT2D eigenvalue weighted by molar-refractivity contribution is 5.81. The standard InChI is InChI=1S/C15H21N5O/c1-10(14(21)19-15(2,3)4)20-9-17-8-12(20)11-5-6-13(16)18-7-11/h5-10H,1-4H3,(H2,16,18)(H,19,21). The molecule has 112 valence electrons. The van der Waals surface area contributed by atoms with Gasteiger partial charge < -0.3 is 15.6 Å². The number of hydrogen-bond donors (Lipinski definition) is 2. The summed E-state index contributed by atoms with van der Waals surface area (Å²) in [4.78, 5) is 20.5. The normalized spacial score (nSPS) is 13.0. The Morgan fingerprint density at radius 3 is 2.62 bits per heavy atom. The van der Waals surface area contributed by atoms with Crippen LogP contribution in [0.1, 0.15) is 33.7 Å². The highest BCUT2D eigenvalue weighted by Crippen LogP contribution is 2.22. The molecule has 1 unspecified atom stereocenters. The van der Waals surface area contributed by atoms with E-state index in [9.17, 15) is 4.79 Å². The average Bonchev–Trinajstić information content (AvgIpc) is 2.85. The molecule has 0 saturated heterocycles. The Balaban J connectivity index is 2.28. The summed E-state index contributed by atoms with van der Waals surface area (Å²) in [5, 5.41) is 2.97. The van der Waals surface area contributed by atoms with Crippen LogP contribution < -0.4 is 11.1 Å². The fourth-order valence-electron chi connectivity index (χ4n) is 1.99. The van der Waals surface area contributed by atoms with Gasteiger partial charge in [-0.3, -0.25) is 4.79 Å². The zero-order valence-corrected chi connectivity index (χ0v) is 12.8. The Morgan fingerprint density at radius 2 is 2.05 bits per heavy atom. The molecule has 1 amide bonds. The molecular formula is C15H21N5O. The number of anilines is 1. The van der Waals surface area contributed by atoms with Crippen LogP contribution in [-0.4, -0.2) is 26.0 Å². The zero-order chi connectivity index (χ0) is 15.6. The van der Waals surface area contributed by atoms with Gasteiger partial charge in [-0.05, 0) is 39.8 Å². The van der Waals surface area contributed by atoms with Crippen LogP contribution in [0.5, 0.6) is 0 Å². The average molecular weight is 287 g/mol. The number of aromatic nitrogens is 3. The van der Waals surface area contributed by atoms with E-state index in [2.05, 4.69) is 15.3 Å². The minimum Gasteiger partial charge on any atom is -0.384 e. The van der Waals surface area contributed by atoms with Crippen LogP contribution in [0.25, 0.3) is 11.3 Å². The summed E-state index contributed by atoms with van der Waals surface area (Å²) in [6, 6.07) is 3.23. The lowest BCUT2D eigenvalue weighted by Gasteiger charge is -2.24. The molecular weight excluding hydrogens is 266 g/mol. The van der Waals surface area contributed by atoms with Gasteiger partial charge in [-0.25, -0.2) is 9.97 Å². The number of carbonyl (C=O) groups excluding carboxylic acids is 1. The van der Waals surface area contributed by atoms with E-state index in [1.54, 1.807) is 24.8 Å². The Bertz CT molecular complexity index is 624. The first-order valence-electron chi connectivity index (χ1n) is 6.84. The maximum atomic E-state index is 12.3. The van der Waals surface area contributed by atoms with Gasteiger partial charge in [0.25, 0.3) is 0 Å². The SMILES string of the molecule is CC(C(=O)NC(C)(C)C)n1cncc1-c1ccc(N)nc1. The number of carbonyl (C=O) groups is 1. The van der Waals surface area contributed by atoms with Gasteiger partial charge in [0.1, 0.15) is 11.9 Å². The minimum absolute atomic E-state index is 0.0508. The highest BCUT2D eigenvalue weighted by Gasteiger charge is 2.22. The summed E-state index contributed by atoms with van der Waals surface area (Å²) in [5.74, 6) is 0.411. The summed E-state index contributed by atoms with van der Waals surface area (Å²) in [7, 11) is 0. The van der Waals surface area contributed by atoms with Crippen LogP contribution in [0.4, 0.5) is 5.82 Å². The highest BCUT2D eigenvalue weighted by atomic mass is 16.2. The van der Waals surface area contributed by atoms with Crippen LogP contribution in [0.2, 0.25) is 0 Å². The van der Waals surface area contributed by atoms with Crippen LogP contribution in [-0.2, 0) is 4.79 Å². The van der Waals surface area contributed by atoms with Crippen molar-refractivity contribution in [2.45, 2.75) is 39.3 Å². The second-order valence-electron chi connectivity index (χ2n) is 6.07. The van der Waals surface area contributed by atoms with Crippen molar-refractivity contribution in [3.63, 3.8) is 0 Å². The third kappa shape index (κ3) is 3.59. The van der Waals surface area contributed by atoms with Crippen molar-refractivity contribution < 1.29 is 4.79 Å². The summed E-state index contributed by atoms with van der Waals surface area (Å²) >= 11 is 0. The lowest BCUT2D eigenvalue weighted by Crippen LogP contribution is -2.43. The minimum atomic E-state index is -0.362. The van der Waals surface area contributed by atoms with E-state index in [0.29, 0.717) is 5.82 Å². The third-order valence-electron chi connectivity index (χ3n) is 3.04. The van der Waals surface area contributed by atoms with Gasteiger partial charge in [0, 0.05) is 17.3 Å².